The topological polar surface area (TPSA) is 99.6 Å². The van der Waals surface area contributed by atoms with Gasteiger partial charge in [0.05, 0.1) is 11.7 Å². The van der Waals surface area contributed by atoms with Gasteiger partial charge in [-0.25, -0.2) is 4.98 Å². The molecule has 1 saturated carbocycles. The predicted molar refractivity (Wildman–Crippen MR) is 113 cm³/mol. The lowest BCUT2D eigenvalue weighted by molar-refractivity contribution is -0.153. The fourth-order valence-corrected chi connectivity index (χ4v) is 3.92. The minimum atomic E-state index is -4.51. The van der Waals surface area contributed by atoms with Crippen LogP contribution in [0.2, 0.25) is 0 Å². The van der Waals surface area contributed by atoms with Crippen LogP contribution >= 0.6 is 0 Å². The Morgan fingerprint density at radius 1 is 1.21 bits per heavy atom. The first kappa shape index (κ1) is 22.6. The number of rotatable bonds is 5. The van der Waals surface area contributed by atoms with Crippen LogP contribution in [0.25, 0.3) is 16.8 Å². The molecule has 1 aromatic carbocycles. The molecule has 0 unspecified atom stereocenters. The average Bonchev–Trinajstić information content (AvgIpc) is 3.23. The van der Waals surface area contributed by atoms with Crippen molar-refractivity contribution in [2.24, 2.45) is 0 Å². The summed E-state index contributed by atoms with van der Waals surface area (Å²) in [6, 6.07) is 9.62. The van der Waals surface area contributed by atoms with Crippen LogP contribution in [0.5, 0.6) is 5.75 Å². The maximum absolute atomic E-state index is 12.8. The number of hydrogen-bond acceptors (Lipinski definition) is 5. The maximum Gasteiger partial charge on any atom is 0.422 e. The molecule has 172 valence electrons. The average molecular weight is 458 g/mol. The molecule has 0 saturated heterocycles. The SMILES string of the molecule is N#Cc1cc(-c2ccccc2OCC(F)(F)F)c2nc(C(=O)NC3CCC(O)CC3)cn2c1. The van der Waals surface area contributed by atoms with Crippen molar-refractivity contribution in [3.05, 3.63) is 54.0 Å². The van der Waals surface area contributed by atoms with Gasteiger partial charge in [0.25, 0.3) is 5.91 Å². The highest BCUT2D eigenvalue weighted by Gasteiger charge is 2.29. The zero-order valence-electron chi connectivity index (χ0n) is 17.5. The fraction of sp³-hybridized carbons (Fsp3) is 0.348. The number of alkyl halides is 3. The summed E-state index contributed by atoms with van der Waals surface area (Å²) >= 11 is 0. The summed E-state index contributed by atoms with van der Waals surface area (Å²) in [6.45, 7) is -1.46. The highest BCUT2D eigenvalue weighted by atomic mass is 19.4. The van der Waals surface area contributed by atoms with Gasteiger partial charge >= 0.3 is 6.18 Å². The van der Waals surface area contributed by atoms with Crippen molar-refractivity contribution in [2.45, 2.75) is 44.0 Å². The number of aliphatic hydroxyl groups is 1. The van der Waals surface area contributed by atoms with E-state index in [9.17, 15) is 28.3 Å². The van der Waals surface area contributed by atoms with E-state index in [-0.39, 0.29) is 29.2 Å². The van der Waals surface area contributed by atoms with E-state index in [0.717, 1.165) is 0 Å². The molecule has 1 aliphatic rings. The van der Waals surface area contributed by atoms with Crippen LogP contribution in [-0.4, -0.2) is 45.3 Å². The normalized spacial score (nSPS) is 18.6. The van der Waals surface area contributed by atoms with Crippen molar-refractivity contribution in [3.8, 4) is 22.9 Å². The Morgan fingerprint density at radius 2 is 1.94 bits per heavy atom. The second-order valence-corrected chi connectivity index (χ2v) is 7.99. The van der Waals surface area contributed by atoms with Crippen molar-refractivity contribution in [3.63, 3.8) is 0 Å². The van der Waals surface area contributed by atoms with E-state index in [1.54, 1.807) is 18.2 Å². The van der Waals surface area contributed by atoms with Gasteiger partial charge in [-0.15, -0.1) is 0 Å². The molecule has 0 spiro atoms. The Bertz CT molecular complexity index is 1210. The number of benzene rings is 1. The van der Waals surface area contributed by atoms with Crippen molar-refractivity contribution in [1.82, 2.24) is 14.7 Å². The van der Waals surface area contributed by atoms with Crippen LogP contribution in [0, 0.1) is 11.3 Å². The Morgan fingerprint density at radius 3 is 2.64 bits per heavy atom. The molecule has 0 radical (unpaired) electrons. The highest BCUT2D eigenvalue weighted by molar-refractivity contribution is 5.94. The summed E-state index contributed by atoms with van der Waals surface area (Å²) in [6.07, 6.45) is 0.665. The van der Waals surface area contributed by atoms with Crippen molar-refractivity contribution in [1.29, 1.82) is 5.26 Å². The van der Waals surface area contributed by atoms with Gasteiger partial charge in [0.2, 0.25) is 0 Å². The number of carbonyl (C=O) groups excluding carboxylic acids is 1. The number of pyridine rings is 1. The number of aromatic nitrogens is 2. The third-order valence-corrected chi connectivity index (χ3v) is 5.51. The largest absolute Gasteiger partial charge is 0.483 e. The third-order valence-electron chi connectivity index (χ3n) is 5.51. The molecule has 2 heterocycles. The summed E-state index contributed by atoms with van der Waals surface area (Å²) in [5.41, 5.74) is 1.36. The minimum absolute atomic E-state index is 0.0124. The quantitative estimate of drug-likeness (QED) is 0.605. The molecule has 2 aromatic heterocycles. The Hall–Kier alpha value is -3.58. The van der Waals surface area contributed by atoms with Gasteiger partial charge in [-0.05, 0) is 37.8 Å². The standard InChI is InChI=1S/C23H21F3N4O3/c24-23(25,26)13-33-20-4-2-1-3-17(20)18-9-14(10-27)11-30-12-19(29-21(18)30)22(32)28-15-5-7-16(31)8-6-15/h1-4,9,11-12,15-16,31H,5-8,13H2,(H,28,32). The summed E-state index contributed by atoms with van der Waals surface area (Å²) in [5, 5.41) is 22.0. The van der Waals surface area contributed by atoms with Gasteiger partial charge < -0.3 is 19.6 Å². The number of amides is 1. The lowest BCUT2D eigenvalue weighted by atomic mass is 9.93. The molecule has 10 heteroatoms. The number of carbonyl (C=O) groups is 1. The van der Waals surface area contributed by atoms with E-state index >= 15 is 0 Å². The molecule has 4 rings (SSSR count). The number of ether oxygens (including phenoxy) is 1. The van der Waals surface area contributed by atoms with Crippen LogP contribution in [-0.2, 0) is 0 Å². The second-order valence-electron chi connectivity index (χ2n) is 7.99. The molecule has 3 aromatic rings. The molecule has 0 bridgehead atoms. The van der Waals surface area contributed by atoms with Crippen LogP contribution in [0.1, 0.15) is 41.7 Å². The Balaban J connectivity index is 1.69. The molecule has 1 fully saturated rings. The lowest BCUT2D eigenvalue weighted by Gasteiger charge is -2.25. The number of para-hydroxylation sites is 1. The fourth-order valence-electron chi connectivity index (χ4n) is 3.92. The maximum atomic E-state index is 12.8. The molecule has 0 aliphatic heterocycles. The van der Waals surface area contributed by atoms with Crippen LogP contribution in [0.4, 0.5) is 13.2 Å². The summed E-state index contributed by atoms with van der Waals surface area (Å²) < 4.78 is 44.6. The number of nitrogens with zero attached hydrogens (tertiary/aromatic N) is 3. The van der Waals surface area contributed by atoms with E-state index < -0.39 is 18.7 Å². The first-order chi connectivity index (χ1) is 15.7. The number of aliphatic hydroxyl groups excluding tert-OH is 1. The van der Waals surface area contributed by atoms with Crippen molar-refractivity contribution >= 4 is 11.6 Å². The number of fused-ring (bicyclic) bond motifs is 1. The minimum Gasteiger partial charge on any atom is -0.483 e. The van der Waals surface area contributed by atoms with Gasteiger partial charge in [-0.1, -0.05) is 18.2 Å². The zero-order chi connectivity index (χ0) is 23.6. The van der Waals surface area contributed by atoms with Gasteiger partial charge in [0, 0.05) is 29.6 Å². The first-order valence-corrected chi connectivity index (χ1v) is 10.4. The first-order valence-electron chi connectivity index (χ1n) is 10.4. The lowest BCUT2D eigenvalue weighted by Crippen LogP contribution is -2.38. The van der Waals surface area contributed by atoms with E-state index in [1.807, 2.05) is 6.07 Å². The molecular weight excluding hydrogens is 437 g/mol. The number of nitrogens with one attached hydrogen (secondary N) is 1. The number of halogens is 3. The van der Waals surface area contributed by atoms with Crippen LogP contribution < -0.4 is 10.1 Å². The molecule has 1 aliphatic carbocycles. The van der Waals surface area contributed by atoms with Crippen LogP contribution in [0.3, 0.4) is 0 Å². The van der Waals surface area contributed by atoms with E-state index in [0.29, 0.717) is 42.5 Å². The van der Waals surface area contributed by atoms with E-state index in [2.05, 4.69) is 10.3 Å². The summed E-state index contributed by atoms with van der Waals surface area (Å²) in [4.78, 5) is 17.2. The van der Waals surface area contributed by atoms with Gasteiger partial charge in [0.1, 0.15) is 23.2 Å². The molecule has 1 amide bonds. The molecule has 0 atom stereocenters. The number of imidazole rings is 1. The monoisotopic (exact) mass is 458 g/mol. The Labute approximate surface area is 187 Å². The van der Waals surface area contributed by atoms with Crippen molar-refractivity contribution < 1.29 is 27.8 Å². The molecule has 2 N–H and O–H groups in total. The number of nitriles is 1. The molecule has 33 heavy (non-hydrogen) atoms. The predicted octanol–water partition coefficient (Wildman–Crippen LogP) is 3.85. The van der Waals surface area contributed by atoms with E-state index in [4.69, 9.17) is 4.74 Å². The van der Waals surface area contributed by atoms with Gasteiger partial charge in [-0.3, -0.25) is 4.79 Å². The second kappa shape index (κ2) is 9.11. The third kappa shape index (κ3) is 5.26. The smallest absolute Gasteiger partial charge is 0.422 e. The van der Waals surface area contributed by atoms with E-state index in [1.165, 1.54) is 28.9 Å². The highest BCUT2D eigenvalue weighted by Crippen LogP contribution is 2.34. The van der Waals surface area contributed by atoms with Crippen molar-refractivity contribution in [2.75, 3.05) is 6.61 Å². The van der Waals surface area contributed by atoms with Gasteiger partial charge in [-0.2, -0.15) is 18.4 Å². The van der Waals surface area contributed by atoms with Gasteiger partial charge in [0.15, 0.2) is 6.61 Å². The number of hydrogen-bond donors (Lipinski definition) is 2. The summed E-state index contributed by atoms with van der Waals surface area (Å²) in [7, 11) is 0. The molecule has 7 nitrogen and oxygen atoms in total. The Kier molecular flexibility index (Phi) is 6.24. The summed E-state index contributed by atoms with van der Waals surface area (Å²) in [5.74, 6) is -0.410. The van der Waals surface area contributed by atoms with Crippen LogP contribution in [0.15, 0.2) is 42.7 Å². The molecular formula is C23H21F3N4O3. The zero-order valence-corrected chi connectivity index (χ0v) is 17.5.